The number of hydrogen-bond donors (Lipinski definition) is 1. The summed E-state index contributed by atoms with van der Waals surface area (Å²) in [5, 5.41) is 9.02. The number of aliphatic hydroxyl groups excluding tert-OH is 1. The van der Waals surface area contributed by atoms with E-state index in [2.05, 4.69) is 4.90 Å². The number of piperidine rings is 1. The van der Waals surface area contributed by atoms with Crippen LogP contribution in [0.2, 0.25) is 0 Å². The molecule has 19 heavy (non-hydrogen) atoms. The molecule has 1 saturated carbocycles. The zero-order chi connectivity index (χ0) is 13.1. The highest BCUT2D eigenvalue weighted by molar-refractivity contribution is 5.06. The summed E-state index contributed by atoms with van der Waals surface area (Å²) < 4.78 is 5.58. The van der Waals surface area contributed by atoms with Crippen molar-refractivity contribution in [2.24, 2.45) is 5.41 Å². The molecule has 1 N–H and O–H groups in total. The summed E-state index contributed by atoms with van der Waals surface area (Å²) in [4.78, 5) is 2.50. The lowest BCUT2D eigenvalue weighted by Crippen LogP contribution is -2.40. The zero-order valence-corrected chi connectivity index (χ0v) is 11.7. The van der Waals surface area contributed by atoms with Crippen molar-refractivity contribution >= 4 is 0 Å². The summed E-state index contributed by atoms with van der Waals surface area (Å²) in [5.41, 5.74) is 0.675. The predicted octanol–water partition coefficient (Wildman–Crippen LogP) is 3.32. The van der Waals surface area contributed by atoms with Gasteiger partial charge >= 0.3 is 0 Å². The van der Waals surface area contributed by atoms with Gasteiger partial charge < -0.3 is 9.52 Å². The molecule has 106 valence electrons. The molecule has 0 aromatic carbocycles. The smallest absolute Gasteiger partial charge is 0.129 e. The highest BCUT2D eigenvalue weighted by atomic mass is 16.4. The van der Waals surface area contributed by atoms with Crippen LogP contribution < -0.4 is 0 Å². The monoisotopic (exact) mass is 263 g/mol. The van der Waals surface area contributed by atoms with Crippen LogP contribution in [-0.4, -0.2) is 23.1 Å². The van der Waals surface area contributed by atoms with Gasteiger partial charge in [0, 0.05) is 0 Å². The molecular formula is C16H25NO2. The summed E-state index contributed by atoms with van der Waals surface area (Å²) in [5.74, 6) is 1.67. The van der Waals surface area contributed by atoms with Crippen LogP contribution in [0.3, 0.4) is 0 Å². The number of aliphatic hydroxyl groups is 1. The standard InChI is InChI=1S/C16H25NO2/c18-13-15-5-4-14(19-15)12-17-10-8-16(9-11-17)6-2-1-3-7-16/h4-5,18H,1-3,6-13H2. The van der Waals surface area contributed by atoms with Crippen molar-refractivity contribution < 1.29 is 9.52 Å². The van der Waals surface area contributed by atoms with E-state index in [1.807, 2.05) is 12.1 Å². The summed E-state index contributed by atoms with van der Waals surface area (Å²) in [7, 11) is 0. The van der Waals surface area contributed by atoms with Gasteiger partial charge in [-0.05, 0) is 56.3 Å². The Labute approximate surface area is 115 Å². The Morgan fingerprint density at radius 1 is 1.00 bits per heavy atom. The predicted molar refractivity (Wildman–Crippen MR) is 74.7 cm³/mol. The van der Waals surface area contributed by atoms with Crippen molar-refractivity contribution in [3.05, 3.63) is 23.7 Å². The second-order valence-corrected chi connectivity index (χ2v) is 6.36. The molecule has 3 nitrogen and oxygen atoms in total. The number of nitrogens with zero attached hydrogens (tertiary/aromatic N) is 1. The molecule has 1 saturated heterocycles. The maximum atomic E-state index is 9.02. The van der Waals surface area contributed by atoms with E-state index in [4.69, 9.17) is 9.52 Å². The van der Waals surface area contributed by atoms with E-state index in [-0.39, 0.29) is 6.61 Å². The molecule has 1 aromatic heterocycles. The second-order valence-electron chi connectivity index (χ2n) is 6.36. The first kappa shape index (κ1) is 13.2. The van der Waals surface area contributed by atoms with Gasteiger partial charge in [0.05, 0.1) is 6.54 Å². The number of hydrogen-bond acceptors (Lipinski definition) is 3. The Balaban J connectivity index is 1.52. The molecule has 0 atom stereocenters. The van der Waals surface area contributed by atoms with E-state index >= 15 is 0 Å². The Morgan fingerprint density at radius 2 is 1.68 bits per heavy atom. The van der Waals surface area contributed by atoms with Crippen molar-refractivity contribution in [3.63, 3.8) is 0 Å². The van der Waals surface area contributed by atoms with E-state index in [1.54, 1.807) is 0 Å². The third kappa shape index (κ3) is 3.03. The highest BCUT2D eigenvalue weighted by Gasteiger charge is 2.35. The van der Waals surface area contributed by atoms with Crippen LogP contribution in [0.1, 0.15) is 56.5 Å². The molecule has 2 fully saturated rings. The SMILES string of the molecule is OCc1ccc(CN2CCC3(CCCCC3)CC2)o1. The van der Waals surface area contributed by atoms with Gasteiger partial charge in [-0.15, -0.1) is 0 Å². The fourth-order valence-electron chi connectivity index (χ4n) is 3.80. The Kier molecular flexibility index (Phi) is 3.94. The maximum Gasteiger partial charge on any atom is 0.129 e. The number of furan rings is 1. The average Bonchev–Trinajstić information content (AvgIpc) is 2.90. The first-order valence-electron chi connectivity index (χ1n) is 7.71. The zero-order valence-electron chi connectivity index (χ0n) is 11.7. The third-order valence-electron chi connectivity index (χ3n) is 5.08. The Bertz CT molecular complexity index is 397. The van der Waals surface area contributed by atoms with Gasteiger partial charge in [0.25, 0.3) is 0 Å². The van der Waals surface area contributed by atoms with E-state index in [9.17, 15) is 0 Å². The van der Waals surface area contributed by atoms with Crippen LogP contribution in [0.4, 0.5) is 0 Å². The fraction of sp³-hybridized carbons (Fsp3) is 0.750. The van der Waals surface area contributed by atoms with Crippen molar-refractivity contribution in [2.75, 3.05) is 13.1 Å². The topological polar surface area (TPSA) is 36.6 Å². The molecule has 1 aliphatic heterocycles. The van der Waals surface area contributed by atoms with Crippen LogP contribution in [0.15, 0.2) is 16.5 Å². The van der Waals surface area contributed by atoms with Crippen molar-refractivity contribution in [3.8, 4) is 0 Å². The van der Waals surface area contributed by atoms with Gasteiger partial charge in [-0.25, -0.2) is 0 Å². The minimum Gasteiger partial charge on any atom is -0.462 e. The van der Waals surface area contributed by atoms with Gasteiger partial charge in [0.15, 0.2) is 0 Å². The molecule has 0 amide bonds. The van der Waals surface area contributed by atoms with Gasteiger partial charge in [0.2, 0.25) is 0 Å². The van der Waals surface area contributed by atoms with Gasteiger partial charge in [0.1, 0.15) is 18.1 Å². The third-order valence-corrected chi connectivity index (χ3v) is 5.08. The van der Waals surface area contributed by atoms with Crippen LogP contribution in [0.5, 0.6) is 0 Å². The van der Waals surface area contributed by atoms with Crippen LogP contribution in [0.25, 0.3) is 0 Å². The van der Waals surface area contributed by atoms with E-state index in [0.717, 1.165) is 12.3 Å². The minimum absolute atomic E-state index is 0.00309. The quantitative estimate of drug-likeness (QED) is 0.909. The number of rotatable bonds is 3. The van der Waals surface area contributed by atoms with Crippen molar-refractivity contribution in [2.45, 2.75) is 58.1 Å². The van der Waals surface area contributed by atoms with Crippen LogP contribution in [-0.2, 0) is 13.2 Å². The average molecular weight is 263 g/mol. The van der Waals surface area contributed by atoms with E-state index in [1.165, 1.54) is 58.0 Å². The molecular weight excluding hydrogens is 238 g/mol. The largest absolute Gasteiger partial charge is 0.462 e. The normalized spacial score (nSPS) is 23.8. The number of likely N-dealkylation sites (tertiary alicyclic amines) is 1. The van der Waals surface area contributed by atoms with Gasteiger partial charge in [-0.3, -0.25) is 4.90 Å². The summed E-state index contributed by atoms with van der Waals surface area (Å²) in [6.07, 6.45) is 9.96. The molecule has 0 radical (unpaired) electrons. The molecule has 2 heterocycles. The lowest BCUT2D eigenvalue weighted by atomic mass is 9.68. The summed E-state index contributed by atoms with van der Waals surface area (Å²) >= 11 is 0. The molecule has 1 spiro atoms. The first-order chi connectivity index (χ1) is 9.30. The lowest BCUT2D eigenvalue weighted by molar-refractivity contribution is 0.0603. The molecule has 1 aliphatic carbocycles. The molecule has 2 aliphatic rings. The van der Waals surface area contributed by atoms with E-state index < -0.39 is 0 Å². The van der Waals surface area contributed by atoms with Gasteiger partial charge in [-0.2, -0.15) is 0 Å². The maximum absolute atomic E-state index is 9.02. The minimum atomic E-state index is 0.00309. The molecule has 0 bridgehead atoms. The van der Waals surface area contributed by atoms with Crippen molar-refractivity contribution in [1.82, 2.24) is 4.90 Å². The Morgan fingerprint density at radius 3 is 2.32 bits per heavy atom. The van der Waals surface area contributed by atoms with Gasteiger partial charge in [-0.1, -0.05) is 19.3 Å². The molecule has 3 heteroatoms. The molecule has 0 unspecified atom stereocenters. The second kappa shape index (κ2) is 5.68. The first-order valence-corrected chi connectivity index (χ1v) is 7.71. The van der Waals surface area contributed by atoms with E-state index in [0.29, 0.717) is 11.2 Å². The van der Waals surface area contributed by atoms with Crippen LogP contribution >= 0.6 is 0 Å². The summed E-state index contributed by atoms with van der Waals surface area (Å²) in [6.45, 7) is 3.31. The summed E-state index contributed by atoms with van der Waals surface area (Å²) in [6, 6.07) is 3.87. The van der Waals surface area contributed by atoms with Crippen LogP contribution in [0, 0.1) is 5.41 Å². The van der Waals surface area contributed by atoms with Crippen molar-refractivity contribution in [1.29, 1.82) is 0 Å². The fourth-order valence-corrected chi connectivity index (χ4v) is 3.80. The Hall–Kier alpha value is -0.800. The molecule has 1 aromatic rings. The highest BCUT2D eigenvalue weighted by Crippen LogP contribution is 2.44. The lowest BCUT2D eigenvalue weighted by Gasteiger charge is -2.44. The molecule has 3 rings (SSSR count).